The van der Waals surface area contributed by atoms with Gasteiger partial charge in [-0.1, -0.05) is 26.0 Å². The third-order valence-electron chi connectivity index (χ3n) is 4.77. The Balaban J connectivity index is 2.34. The van der Waals surface area contributed by atoms with Crippen LogP contribution < -0.4 is 0 Å². The molecule has 4 heteroatoms. The molecule has 0 saturated carbocycles. The molecule has 0 aliphatic heterocycles. The summed E-state index contributed by atoms with van der Waals surface area (Å²) < 4.78 is 0. The fourth-order valence-electron chi connectivity index (χ4n) is 3.59. The molecule has 122 valence electrons. The van der Waals surface area contributed by atoms with Crippen LogP contribution in [-0.4, -0.2) is 0 Å². The first kappa shape index (κ1) is 17.0. The SMILES string of the molecule is CCC1=Cc2cc3c(cc2C1=C(C#N)C#N)C=C(CC)C3=C(C#N)C#N. The summed E-state index contributed by atoms with van der Waals surface area (Å²) in [6.07, 6.45) is 5.39. The number of benzene rings is 1. The lowest BCUT2D eigenvalue weighted by Crippen LogP contribution is -1.94. The highest BCUT2D eigenvalue weighted by atomic mass is 14.4. The highest BCUT2D eigenvalue weighted by Gasteiger charge is 2.28. The van der Waals surface area contributed by atoms with Crippen LogP contribution in [0.25, 0.3) is 23.3 Å². The van der Waals surface area contributed by atoms with Crippen molar-refractivity contribution in [3.63, 3.8) is 0 Å². The smallest absolute Gasteiger partial charge is 0.137 e. The monoisotopic (exact) mass is 334 g/mol. The Morgan fingerprint density at radius 3 is 1.31 bits per heavy atom. The molecule has 2 aliphatic carbocycles. The maximum atomic E-state index is 9.33. The standard InChI is InChI=1S/C22H14N4/c1-3-13-5-15-7-20-16(8-19(15)21(13)17(9-23)10-24)6-14(4-2)22(20)18(11-25)12-26/h5-8H,3-4H2,1-2H3. The number of nitriles is 4. The molecule has 3 rings (SSSR count). The van der Waals surface area contributed by atoms with Crippen LogP contribution in [0.15, 0.2) is 34.4 Å². The quantitative estimate of drug-likeness (QED) is 0.718. The van der Waals surface area contributed by atoms with Crippen LogP contribution in [-0.2, 0) is 0 Å². The van der Waals surface area contributed by atoms with E-state index >= 15 is 0 Å². The van der Waals surface area contributed by atoms with Crippen molar-refractivity contribution in [2.75, 3.05) is 0 Å². The van der Waals surface area contributed by atoms with E-state index in [9.17, 15) is 21.0 Å². The van der Waals surface area contributed by atoms with Crippen molar-refractivity contribution in [1.82, 2.24) is 0 Å². The minimum absolute atomic E-state index is 0.111. The summed E-state index contributed by atoms with van der Waals surface area (Å²) >= 11 is 0. The van der Waals surface area contributed by atoms with Crippen molar-refractivity contribution >= 4 is 23.3 Å². The molecule has 0 aromatic heterocycles. The molecule has 0 unspecified atom stereocenters. The van der Waals surface area contributed by atoms with E-state index in [0.29, 0.717) is 24.0 Å². The second-order valence-electron chi connectivity index (χ2n) is 6.02. The highest BCUT2D eigenvalue weighted by Crippen LogP contribution is 2.46. The van der Waals surface area contributed by atoms with Crippen LogP contribution in [0.4, 0.5) is 0 Å². The summed E-state index contributed by atoms with van der Waals surface area (Å²) in [5, 5.41) is 37.3. The molecule has 4 nitrogen and oxygen atoms in total. The molecule has 0 fully saturated rings. The zero-order valence-electron chi connectivity index (χ0n) is 14.5. The van der Waals surface area contributed by atoms with Gasteiger partial charge < -0.3 is 0 Å². The van der Waals surface area contributed by atoms with E-state index < -0.39 is 0 Å². The van der Waals surface area contributed by atoms with E-state index in [2.05, 4.69) is 0 Å². The lowest BCUT2D eigenvalue weighted by Gasteiger charge is -2.10. The van der Waals surface area contributed by atoms with E-state index in [1.807, 2.05) is 62.4 Å². The maximum Gasteiger partial charge on any atom is 0.137 e. The zero-order chi connectivity index (χ0) is 18.8. The highest BCUT2D eigenvalue weighted by molar-refractivity contribution is 6.04. The van der Waals surface area contributed by atoms with Gasteiger partial charge in [0.05, 0.1) is 0 Å². The summed E-state index contributed by atoms with van der Waals surface area (Å²) in [5.41, 5.74) is 7.07. The topological polar surface area (TPSA) is 95.2 Å². The molecule has 0 spiro atoms. The fourth-order valence-corrected chi connectivity index (χ4v) is 3.59. The van der Waals surface area contributed by atoms with Crippen LogP contribution in [0.1, 0.15) is 48.9 Å². The first-order chi connectivity index (χ1) is 12.6. The number of hydrogen-bond donors (Lipinski definition) is 0. The van der Waals surface area contributed by atoms with E-state index in [1.54, 1.807) is 0 Å². The van der Waals surface area contributed by atoms with Crippen LogP contribution in [0.3, 0.4) is 0 Å². The molecule has 1 aromatic rings. The van der Waals surface area contributed by atoms with Gasteiger partial charge in [0, 0.05) is 11.1 Å². The van der Waals surface area contributed by atoms with Crippen molar-refractivity contribution in [3.8, 4) is 24.3 Å². The normalized spacial score (nSPS) is 13.5. The van der Waals surface area contributed by atoms with Gasteiger partial charge in [0.15, 0.2) is 0 Å². The van der Waals surface area contributed by atoms with Gasteiger partial charge in [-0.05, 0) is 58.4 Å². The number of rotatable bonds is 2. The van der Waals surface area contributed by atoms with Crippen LogP contribution >= 0.6 is 0 Å². The third kappa shape index (κ3) is 2.34. The van der Waals surface area contributed by atoms with Gasteiger partial charge in [-0.2, -0.15) is 21.0 Å². The number of fused-ring (bicyclic) bond motifs is 2. The second-order valence-corrected chi connectivity index (χ2v) is 6.02. The number of hydrogen-bond acceptors (Lipinski definition) is 4. The van der Waals surface area contributed by atoms with E-state index in [1.165, 1.54) is 0 Å². The Morgan fingerprint density at radius 2 is 1.04 bits per heavy atom. The first-order valence-corrected chi connectivity index (χ1v) is 8.33. The largest absolute Gasteiger partial charge is 0.192 e. The van der Waals surface area contributed by atoms with Gasteiger partial charge in [-0.15, -0.1) is 0 Å². The molecule has 0 radical (unpaired) electrons. The molecule has 0 atom stereocenters. The van der Waals surface area contributed by atoms with Gasteiger partial charge in [0.2, 0.25) is 0 Å². The molecule has 26 heavy (non-hydrogen) atoms. The van der Waals surface area contributed by atoms with Crippen molar-refractivity contribution in [2.24, 2.45) is 0 Å². The Labute approximate surface area is 152 Å². The molecule has 0 saturated heterocycles. The van der Waals surface area contributed by atoms with Gasteiger partial charge >= 0.3 is 0 Å². The molecular weight excluding hydrogens is 320 g/mol. The average molecular weight is 334 g/mol. The lowest BCUT2D eigenvalue weighted by atomic mass is 9.92. The summed E-state index contributed by atoms with van der Waals surface area (Å²) in [4.78, 5) is 0. The van der Waals surface area contributed by atoms with Crippen LogP contribution in [0.2, 0.25) is 0 Å². The maximum absolute atomic E-state index is 9.33. The minimum Gasteiger partial charge on any atom is -0.192 e. The summed E-state index contributed by atoms with van der Waals surface area (Å²) in [6, 6.07) is 11.9. The Bertz CT molecular complexity index is 1000. The Morgan fingerprint density at radius 1 is 0.692 bits per heavy atom. The molecule has 2 aliphatic rings. The van der Waals surface area contributed by atoms with Crippen molar-refractivity contribution in [1.29, 1.82) is 21.0 Å². The van der Waals surface area contributed by atoms with E-state index in [0.717, 1.165) is 33.4 Å². The second kappa shape index (κ2) is 6.57. The van der Waals surface area contributed by atoms with Crippen molar-refractivity contribution < 1.29 is 0 Å². The van der Waals surface area contributed by atoms with Crippen LogP contribution in [0, 0.1) is 45.3 Å². The minimum atomic E-state index is 0.111. The third-order valence-corrected chi connectivity index (χ3v) is 4.77. The molecule has 0 N–H and O–H groups in total. The molecule has 1 aromatic carbocycles. The predicted octanol–water partition coefficient (Wildman–Crippen LogP) is 4.90. The molecular formula is C22H14N4. The summed E-state index contributed by atoms with van der Waals surface area (Å²) in [5.74, 6) is 0. The summed E-state index contributed by atoms with van der Waals surface area (Å²) in [7, 11) is 0. The number of allylic oxidation sites excluding steroid dienone is 6. The van der Waals surface area contributed by atoms with Crippen molar-refractivity contribution in [3.05, 3.63) is 56.7 Å². The van der Waals surface area contributed by atoms with E-state index in [-0.39, 0.29) is 11.1 Å². The van der Waals surface area contributed by atoms with Crippen LogP contribution in [0.5, 0.6) is 0 Å². The average Bonchev–Trinajstić information content (AvgIpc) is 3.20. The molecule has 0 heterocycles. The number of nitrogens with zero attached hydrogens (tertiary/aromatic N) is 4. The molecule has 0 bridgehead atoms. The van der Waals surface area contributed by atoms with Gasteiger partial charge in [-0.3, -0.25) is 0 Å². The zero-order valence-corrected chi connectivity index (χ0v) is 14.5. The predicted molar refractivity (Wildman–Crippen MR) is 99.3 cm³/mol. The van der Waals surface area contributed by atoms with E-state index in [4.69, 9.17) is 0 Å². The first-order valence-electron chi connectivity index (χ1n) is 8.33. The molecule has 0 amide bonds. The summed E-state index contributed by atoms with van der Waals surface area (Å²) in [6.45, 7) is 3.98. The van der Waals surface area contributed by atoms with Crippen molar-refractivity contribution in [2.45, 2.75) is 26.7 Å². The van der Waals surface area contributed by atoms with Gasteiger partial charge in [0.25, 0.3) is 0 Å². The Kier molecular flexibility index (Phi) is 4.29. The lowest BCUT2D eigenvalue weighted by molar-refractivity contribution is 1.17. The Hall–Kier alpha value is -3.86. The van der Waals surface area contributed by atoms with Gasteiger partial charge in [0.1, 0.15) is 35.4 Å². The fraction of sp³-hybridized carbons (Fsp3) is 0.182. The van der Waals surface area contributed by atoms with Gasteiger partial charge in [-0.25, -0.2) is 0 Å².